The fraction of sp³-hybridized carbons (Fsp3) is 0.455. The first-order valence-electron chi connectivity index (χ1n) is 5.19. The molecule has 0 spiro atoms. The molecule has 5 nitrogen and oxygen atoms in total. The van der Waals surface area contributed by atoms with Gasteiger partial charge in [-0.1, -0.05) is 6.07 Å². The van der Waals surface area contributed by atoms with E-state index in [1.165, 1.54) is 12.3 Å². The minimum atomic E-state index is -0.562. The molecule has 1 aromatic rings. The predicted octanol–water partition coefficient (Wildman–Crippen LogP) is 1.75. The van der Waals surface area contributed by atoms with Gasteiger partial charge in [-0.05, 0) is 32.4 Å². The normalized spacial score (nSPS) is 11.1. The van der Waals surface area contributed by atoms with Crippen LogP contribution < -0.4 is 10.9 Å². The second-order valence-corrected chi connectivity index (χ2v) is 4.47. The summed E-state index contributed by atoms with van der Waals surface area (Å²) in [5, 5.41) is 0. The molecule has 94 valence electrons. The van der Waals surface area contributed by atoms with Gasteiger partial charge in [0, 0.05) is 12.7 Å². The lowest BCUT2D eigenvalue weighted by atomic mass is 10.2. The number of rotatable bonds is 3. The molecule has 0 radical (unpaired) electrons. The van der Waals surface area contributed by atoms with Crippen molar-refractivity contribution in [2.75, 3.05) is 0 Å². The van der Waals surface area contributed by atoms with Gasteiger partial charge in [-0.2, -0.15) is 4.39 Å². The molecule has 1 amide bonds. The van der Waals surface area contributed by atoms with Crippen LogP contribution in [0.25, 0.3) is 0 Å². The van der Waals surface area contributed by atoms with Gasteiger partial charge in [0.15, 0.2) is 0 Å². The number of hydrazine groups is 1. The molecule has 0 aliphatic heterocycles. The lowest BCUT2D eigenvalue weighted by Gasteiger charge is -2.19. The van der Waals surface area contributed by atoms with Crippen molar-refractivity contribution in [3.63, 3.8) is 0 Å². The quantitative estimate of drug-likeness (QED) is 0.625. The first-order chi connectivity index (χ1) is 7.87. The zero-order valence-electron chi connectivity index (χ0n) is 10.1. The van der Waals surface area contributed by atoms with Crippen molar-refractivity contribution in [2.24, 2.45) is 0 Å². The summed E-state index contributed by atoms with van der Waals surface area (Å²) in [5.74, 6) is -0.533. The molecule has 1 aromatic heterocycles. The zero-order chi connectivity index (χ0) is 12.9. The van der Waals surface area contributed by atoms with Crippen LogP contribution in [0, 0.1) is 5.95 Å². The first-order valence-corrected chi connectivity index (χ1v) is 5.19. The van der Waals surface area contributed by atoms with E-state index in [0.29, 0.717) is 6.54 Å². The minimum absolute atomic E-state index is 0.340. The van der Waals surface area contributed by atoms with E-state index in [4.69, 9.17) is 4.74 Å². The molecule has 0 aliphatic rings. The molecule has 17 heavy (non-hydrogen) atoms. The summed E-state index contributed by atoms with van der Waals surface area (Å²) in [6.07, 6.45) is 0.826. The lowest BCUT2D eigenvalue weighted by Crippen LogP contribution is -2.40. The Kier molecular flexibility index (Phi) is 4.39. The van der Waals surface area contributed by atoms with E-state index in [-0.39, 0.29) is 0 Å². The second-order valence-electron chi connectivity index (χ2n) is 4.47. The highest BCUT2D eigenvalue weighted by Crippen LogP contribution is 2.06. The number of nitrogens with zero attached hydrogens (tertiary/aromatic N) is 1. The van der Waals surface area contributed by atoms with Crippen LogP contribution in [0.5, 0.6) is 0 Å². The molecule has 1 heterocycles. The van der Waals surface area contributed by atoms with Crippen molar-refractivity contribution < 1.29 is 13.9 Å². The Balaban J connectivity index is 2.28. The summed E-state index contributed by atoms with van der Waals surface area (Å²) in [7, 11) is 0. The minimum Gasteiger partial charge on any atom is -0.443 e. The van der Waals surface area contributed by atoms with Crippen LogP contribution in [0.4, 0.5) is 9.18 Å². The van der Waals surface area contributed by atoms with E-state index in [1.807, 2.05) is 0 Å². The number of nitrogens with one attached hydrogen (secondary N) is 2. The number of hydrogen-bond acceptors (Lipinski definition) is 4. The van der Waals surface area contributed by atoms with E-state index in [9.17, 15) is 9.18 Å². The lowest BCUT2D eigenvalue weighted by molar-refractivity contribution is 0.0497. The van der Waals surface area contributed by atoms with Gasteiger partial charge in [-0.3, -0.25) is 5.43 Å². The van der Waals surface area contributed by atoms with Crippen LogP contribution in [0.1, 0.15) is 26.3 Å². The van der Waals surface area contributed by atoms with Crippen molar-refractivity contribution in [1.29, 1.82) is 0 Å². The van der Waals surface area contributed by atoms with Gasteiger partial charge < -0.3 is 4.74 Å². The molecule has 0 atom stereocenters. The maximum Gasteiger partial charge on any atom is 0.422 e. The van der Waals surface area contributed by atoms with Crippen LogP contribution in [0.15, 0.2) is 18.3 Å². The monoisotopic (exact) mass is 241 g/mol. The Hall–Kier alpha value is -1.69. The number of hydrogen-bond donors (Lipinski definition) is 2. The molecular weight excluding hydrogens is 225 g/mol. The van der Waals surface area contributed by atoms with Crippen LogP contribution in [0.2, 0.25) is 0 Å². The third-order valence-corrected chi connectivity index (χ3v) is 1.67. The maximum absolute atomic E-state index is 12.5. The molecule has 1 rings (SSSR count). The molecular formula is C11H16FN3O2. The number of ether oxygens (including phenoxy) is 1. The Morgan fingerprint density at radius 2 is 2.18 bits per heavy atom. The Morgan fingerprint density at radius 3 is 2.71 bits per heavy atom. The average Bonchev–Trinajstić information content (AvgIpc) is 2.18. The highest BCUT2D eigenvalue weighted by Gasteiger charge is 2.15. The number of halogens is 1. The zero-order valence-corrected chi connectivity index (χ0v) is 10.1. The number of aromatic nitrogens is 1. The predicted molar refractivity (Wildman–Crippen MR) is 60.4 cm³/mol. The topological polar surface area (TPSA) is 63.2 Å². The summed E-state index contributed by atoms with van der Waals surface area (Å²) in [6.45, 7) is 5.66. The van der Waals surface area contributed by atoms with Crippen molar-refractivity contribution >= 4 is 6.09 Å². The molecule has 0 aromatic carbocycles. The SMILES string of the molecule is CC(C)(C)OC(=O)NNCc1ccc(F)nc1. The summed E-state index contributed by atoms with van der Waals surface area (Å²) < 4.78 is 17.5. The molecule has 0 unspecified atom stereocenters. The highest BCUT2D eigenvalue weighted by atomic mass is 19.1. The van der Waals surface area contributed by atoms with Crippen LogP contribution >= 0.6 is 0 Å². The molecule has 0 bridgehead atoms. The summed E-state index contributed by atoms with van der Waals surface area (Å²) in [4.78, 5) is 14.7. The van der Waals surface area contributed by atoms with Crippen molar-refractivity contribution in [3.8, 4) is 0 Å². The van der Waals surface area contributed by atoms with E-state index < -0.39 is 17.6 Å². The molecule has 0 saturated heterocycles. The molecule has 0 fully saturated rings. The fourth-order valence-corrected chi connectivity index (χ4v) is 1.03. The number of pyridine rings is 1. The number of carbonyl (C=O) groups is 1. The van der Waals surface area contributed by atoms with E-state index >= 15 is 0 Å². The van der Waals surface area contributed by atoms with Gasteiger partial charge in [-0.25, -0.2) is 15.2 Å². The van der Waals surface area contributed by atoms with Gasteiger partial charge in [0.1, 0.15) is 5.60 Å². The van der Waals surface area contributed by atoms with E-state index in [2.05, 4.69) is 15.8 Å². The molecule has 0 aliphatic carbocycles. The summed E-state index contributed by atoms with van der Waals surface area (Å²) in [6, 6.07) is 2.83. The average molecular weight is 241 g/mol. The van der Waals surface area contributed by atoms with Crippen LogP contribution in [-0.2, 0) is 11.3 Å². The van der Waals surface area contributed by atoms with Crippen molar-refractivity contribution in [1.82, 2.24) is 15.8 Å². The number of amides is 1. The van der Waals surface area contributed by atoms with Gasteiger partial charge in [0.2, 0.25) is 5.95 Å². The van der Waals surface area contributed by atoms with Gasteiger partial charge in [-0.15, -0.1) is 0 Å². The van der Waals surface area contributed by atoms with Crippen molar-refractivity contribution in [2.45, 2.75) is 32.9 Å². The fourth-order valence-electron chi connectivity index (χ4n) is 1.03. The van der Waals surface area contributed by atoms with E-state index in [0.717, 1.165) is 5.56 Å². The largest absolute Gasteiger partial charge is 0.443 e. The third-order valence-electron chi connectivity index (χ3n) is 1.67. The highest BCUT2D eigenvalue weighted by molar-refractivity contribution is 5.66. The summed E-state index contributed by atoms with van der Waals surface area (Å²) >= 11 is 0. The third kappa shape index (κ3) is 5.82. The van der Waals surface area contributed by atoms with Gasteiger partial charge in [0.05, 0.1) is 0 Å². The van der Waals surface area contributed by atoms with Crippen LogP contribution in [-0.4, -0.2) is 16.7 Å². The van der Waals surface area contributed by atoms with Crippen molar-refractivity contribution in [3.05, 3.63) is 29.8 Å². The Labute approximate surface area is 99.4 Å². The summed E-state index contributed by atoms with van der Waals surface area (Å²) in [5.41, 5.74) is 5.24. The van der Waals surface area contributed by atoms with E-state index in [1.54, 1.807) is 26.8 Å². The smallest absolute Gasteiger partial charge is 0.422 e. The molecule has 0 saturated carbocycles. The standard InChI is InChI=1S/C11H16FN3O2/c1-11(2,3)17-10(16)15-14-7-8-4-5-9(12)13-6-8/h4-6,14H,7H2,1-3H3,(H,15,16). The van der Waals surface area contributed by atoms with Gasteiger partial charge >= 0.3 is 6.09 Å². The second kappa shape index (κ2) is 5.58. The maximum atomic E-state index is 12.5. The Bertz CT molecular complexity index is 373. The van der Waals surface area contributed by atoms with Gasteiger partial charge in [0.25, 0.3) is 0 Å². The van der Waals surface area contributed by atoms with Crippen LogP contribution in [0.3, 0.4) is 0 Å². The first kappa shape index (κ1) is 13.4. The molecule has 2 N–H and O–H groups in total. The Morgan fingerprint density at radius 1 is 1.47 bits per heavy atom. The number of carbonyl (C=O) groups excluding carboxylic acids is 1. The molecule has 6 heteroatoms.